The molecule has 0 aromatic heterocycles. The summed E-state index contributed by atoms with van der Waals surface area (Å²) in [5.41, 5.74) is -0.0821. The van der Waals surface area contributed by atoms with Crippen LogP contribution in [0, 0.1) is 0 Å². The normalized spacial score (nSPS) is 11.9. The summed E-state index contributed by atoms with van der Waals surface area (Å²) in [6, 6.07) is 19.9. The lowest BCUT2D eigenvalue weighted by molar-refractivity contribution is -0.150. The van der Waals surface area contributed by atoms with Crippen LogP contribution in [0.5, 0.6) is 17.2 Å². The van der Waals surface area contributed by atoms with Crippen molar-refractivity contribution in [2.75, 3.05) is 32.9 Å². The molecule has 0 fully saturated rings. The van der Waals surface area contributed by atoms with Crippen molar-refractivity contribution in [3.05, 3.63) is 90.0 Å². The monoisotopic (exact) mass is 575 g/mol. The number of carboxylic acids is 1. The summed E-state index contributed by atoms with van der Waals surface area (Å²) in [4.78, 5) is 25.6. The largest absolute Gasteiger partial charge is 0.494 e. The van der Waals surface area contributed by atoms with Crippen LogP contribution in [0.3, 0.4) is 0 Å². The van der Waals surface area contributed by atoms with Gasteiger partial charge >= 0.3 is 18.2 Å². The molecular formula is C30H32F3NO7. The van der Waals surface area contributed by atoms with Crippen LogP contribution >= 0.6 is 0 Å². The summed E-state index contributed by atoms with van der Waals surface area (Å²) in [6.45, 7) is 2.84. The molecule has 1 atom stereocenters. The van der Waals surface area contributed by atoms with Crippen molar-refractivity contribution in [2.24, 2.45) is 0 Å². The van der Waals surface area contributed by atoms with E-state index in [1.54, 1.807) is 31.2 Å². The van der Waals surface area contributed by atoms with Gasteiger partial charge in [-0.1, -0.05) is 30.3 Å². The van der Waals surface area contributed by atoms with Gasteiger partial charge in [0, 0.05) is 19.6 Å². The number of para-hydroxylation sites is 1. The van der Waals surface area contributed by atoms with Crippen molar-refractivity contribution >= 4 is 12.1 Å². The van der Waals surface area contributed by atoms with Gasteiger partial charge in [0.1, 0.15) is 23.9 Å². The summed E-state index contributed by atoms with van der Waals surface area (Å²) >= 11 is 0. The minimum absolute atomic E-state index is 0.0169. The second-order valence-electron chi connectivity index (χ2n) is 8.87. The number of hydrogen-bond acceptors (Lipinski definition) is 6. The summed E-state index contributed by atoms with van der Waals surface area (Å²) < 4.78 is 60.6. The van der Waals surface area contributed by atoms with Crippen molar-refractivity contribution in [3.8, 4) is 17.2 Å². The number of carbonyl (C=O) groups is 2. The zero-order valence-electron chi connectivity index (χ0n) is 22.5. The Morgan fingerprint density at radius 2 is 1.44 bits per heavy atom. The quantitative estimate of drug-likeness (QED) is 0.219. The molecule has 0 aliphatic carbocycles. The number of ether oxygens (including phenoxy) is 4. The third-order valence-corrected chi connectivity index (χ3v) is 5.85. The maximum absolute atomic E-state index is 12.9. The molecule has 41 heavy (non-hydrogen) atoms. The topological polar surface area (TPSA) is 94.5 Å². The summed E-state index contributed by atoms with van der Waals surface area (Å²) in [6.07, 6.45) is -5.50. The second-order valence-corrected chi connectivity index (χ2v) is 8.87. The molecule has 0 heterocycles. The highest BCUT2D eigenvalue weighted by Crippen LogP contribution is 2.30. The third kappa shape index (κ3) is 10.7. The fourth-order valence-corrected chi connectivity index (χ4v) is 3.76. The summed E-state index contributed by atoms with van der Waals surface area (Å²) in [5, 5.41) is 9.26. The van der Waals surface area contributed by atoms with E-state index in [2.05, 4.69) is 0 Å². The molecule has 0 aliphatic rings. The van der Waals surface area contributed by atoms with Gasteiger partial charge in [-0.25, -0.2) is 9.59 Å². The number of nitrogens with zero attached hydrogens (tertiary/aromatic N) is 1. The average molecular weight is 576 g/mol. The highest BCUT2D eigenvalue weighted by atomic mass is 19.4. The van der Waals surface area contributed by atoms with Gasteiger partial charge < -0.3 is 29.0 Å². The highest BCUT2D eigenvalue weighted by Gasteiger charge is 2.30. The molecule has 0 saturated heterocycles. The van der Waals surface area contributed by atoms with Gasteiger partial charge in [-0.2, -0.15) is 13.2 Å². The van der Waals surface area contributed by atoms with Crippen LogP contribution in [-0.2, 0) is 22.1 Å². The van der Waals surface area contributed by atoms with E-state index < -0.39 is 29.9 Å². The molecule has 0 saturated carbocycles. The zero-order chi connectivity index (χ0) is 29.7. The number of aliphatic carboxylic acids is 1. The van der Waals surface area contributed by atoms with Crippen molar-refractivity contribution in [1.82, 2.24) is 4.90 Å². The first-order valence-corrected chi connectivity index (χ1v) is 13.0. The smallest absolute Gasteiger partial charge is 0.416 e. The van der Waals surface area contributed by atoms with Crippen LogP contribution in [0.1, 0.15) is 24.5 Å². The maximum Gasteiger partial charge on any atom is 0.416 e. The predicted molar refractivity (Wildman–Crippen MR) is 144 cm³/mol. The molecule has 8 nitrogen and oxygen atoms in total. The minimum Gasteiger partial charge on any atom is -0.494 e. The number of carboxylic acid groups (broad SMARTS) is 1. The van der Waals surface area contributed by atoms with Crippen LogP contribution in [0.2, 0.25) is 0 Å². The lowest BCUT2D eigenvalue weighted by atomic mass is 10.1. The Labute approximate surface area is 236 Å². The Morgan fingerprint density at radius 1 is 0.829 bits per heavy atom. The molecule has 1 N–H and O–H groups in total. The molecule has 0 aliphatic heterocycles. The minimum atomic E-state index is -4.50. The Kier molecular flexibility index (Phi) is 11.8. The Balaban J connectivity index is 1.56. The standard InChI is InChI=1S/C30H32F3NO7/c1-2-38-27(28(35)36)21-22-9-13-25(14-10-22)40-20-18-34(17-6-19-39-24-7-4-3-5-8-24)29(37)41-26-15-11-23(12-16-26)30(31,32)33/h3-5,7-16,27H,2,6,17-21H2,1H3,(H,35,36). The fourth-order valence-electron chi connectivity index (χ4n) is 3.76. The first kappa shape index (κ1) is 31.3. The van der Waals surface area contributed by atoms with Crippen LogP contribution < -0.4 is 14.2 Å². The zero-order valence-corrected chi connectivity index (χ0v) is 22.5. The van der Waals surface area contributed by atoms with E-state index in [1.165, 1.54) is 4.90 Å². The molecule has 1 unspecified atom stereocenters. The number of carbonyl (C=O) groups excluding carboxylic acids is 1. The van der Waals surface area contributed by atoms with Gasteiger partial charge in [0.25, 0.3) is 0 Å². The van der Waals surface area contributed by atoms with E-state index >= 15 is 0 Å². The lowest BCUT2D eigenvalue weighted by Crippen LogP contribution is -2.38. The van der Waals surface area contributed by atoms with Gasteiger partial charge in [-0.3, -0.25) is 0 Å². The molecule has 3 rings (SSSR count). The number of rotatable bonds is 15. The molecule has 3 aromatic carbocycles. The first-order valence-electron chi connectivity index (χ1n) is 13.0. The van der Waals surface area contributed by atoms with Crippen LogP contribution in [0.25, 0.3) is 0 Å². The molecule has 220 valence electrons. The van der Waals surface area contributed by atoms with Crippen molar-refractivity contribution < 1.29 is 46.8 Å². The van der Waals surface area contributed by atoms with E-state index in [-0.39, 0.29) is 38.5 Å². The average Bonchev–Trinajstić information content (AvgIpc) is 2.95. The van der Waals surface area contributed by atoms with Crippen molar-refractivity contribution in [2.45, 2.75) is 32.0 Å². The molecule has 0 bridgehead atoms. The van der Waals surface area contributed by atoms with Crippen molar-refractivity contribution in [3.63, 3.8) is 0 Å². The molecule has 1 amide bonds. The molecule has 3 aromatic rings. The van der Waals surface area contributed by atoms with Crippen molar-refractivity contribution in [1.29, 1.82) is 0 Å². The Morgan fingerprint density at radius 3 is 2.05 bits per heavy atom. The SMILES string of the molecule is CCOC(Cc1ccc(OCCN(CCCOc2ccccc2)C(=O)Oc2ccc(C(F)(F)F)cc2)cc1)C(=O)O. The van der Waals surface area contributed by atoms with Crippen LogP contribution in [-0.4, -0.2) is 61.1 Å². The predicted octanol–water partition coefficient (Wildman–Crippen LogP) is 6.09. The summed E-state index contributed by atoms with van der Waals surface area (Å²) in [7, 11) is 0. The number of amides is 1. The van der Waals surface area contributed by atoms with Gasteiger partial charge in [-0.05, 0) is 67.4 Å². The van der Waals surface area contributed by atoms with E-state index in [0.717, 1.165) is 29.8 Å². The number of alkyl halides is 3. The highest BCUT2D eigenvalue weighted by molar-refractivity contribution is 5.72. The number of hydrogen-bond donors (Lipinski definition) is 1. The van der Waals surface area contributed by atoms with E-state index in [0.29, 0.717) is 24.5 Å². The summed E-state index contributed by atoms with van der Waals surface area (Å²) in [5.74, 6) is 0.149. The molecular weight excluding hydrogens is 543 g/mol. The third-order valence-electron chi connectivity index (χ3n) is 5.85. The van der Waals surface area contributed by atoms with E-state index in [9.17, 15) is 27.9 Å². The van der Waals surface area contributed by atoms with Gasteiger partial charge in [0.05, 0.1) is 18.7 Å². The molecule has 11 heteroatoms. The van der Waals surface area contributed by atoms with E-state index in [4.69, 9.17) is 18.9 Å². The number of benzene rings is 3. The van der Waals surface area contributed by atoms with Gasteiger partial charge in [0.2, 0.25) is 0 Å². The Hall–Kier alpha value is -4.25. The first-order chi connectivity index (χ1) is 19.7. The van der Waals surface area contributed by atoms with E-state index in [1.807, 2.05) is 30.3 Å². The number of halogens is 3. The lowest BCUT2D eigenvalue weighted by Gasteiger charge is -2.22. The van der Waals surface area contributed by atoms with Gasteiger partial charge in [-0.15, -0.1) is 0 Å². The molecule has 0 spiro atoms. The van der Waals surface area contributed by atoms with Gasteiger partial charge in [0.15, 0.2) is 6.10 Å². The fraction of sp³-hybridized carbons (Fsp3) is 0.333. The van der Waals surface area contributed by atoms with Crippen LogP contribution in [0.4, 0.5) is 18.0 Å². The Bertz CT molecular complexity index is 1220. The molecule has 0 radical (unpaired) electrons. The second kappa shape index (κ2) is 15.5. The van der Waals surface area contributed by atoms with Crippen LogP contribution in [0.15, 0.2) is 78.9 Å². The maximum atomic E-state index is 12.9.